The number of nitrogens with zero attached hydrogens (tertiary/aromatic N) is 3. The first-order valence-corrected chi connectivity index (χ1v) is 8.08. The third kappa shape index (κ3) is 3.70. The number of hydrogen-bond donors (Lipinski definition) is 1. The molecule has 6 heteroatoms. The Kier molecular flexibility index (Phi) is 4.60. The summed E-state index contributed by atoms with van der Waals surface area (Å²) < 4.78 is 5.32. The first-order valence-electron chi connectivity index (χ1n) is 8.08. The van der Waals surface area contributed by atoms with E-state index in [0.29, 0.717) is 6.01 Å². The number of anilines is 2. The van der Waals surface area contributed by atoms with Gasteiger partial charge in [-0.15, -0.1) is 0 Å². The van der Waals surface area contributed by atoms with Crippen molar-refractivity contribution in [2.45, 2.75) is 32.6 Å². The number of carbonyl (C=O) groups is 1. The molecule has 3 rings (SSSR count). The average molecular weight is 314 g/mol. The summed E-state index contributed by atoms with van der Waals surface area (Å²) in [4.78, 5) is 18.8. The van der Waals surface area contributed by atoms with Gasteiger partial charge >= 0.3 is 6.01 Å². The molecule has 6 nitrogen and oxygen atoms in total. The van der Waals surface area contributed by atoms with Crippen LogP contribution in [0, 0.1) is 5.92 Å². The van der Waals surface area contributed by atoms with Crippen molar-refractivity contribution in [2.75, 3.05) is 23.3 Å². The Morgan fingerprint density at radius 2 is 1.96 bits per heavy atom. The second-order valence-electron chi connectivity index (χ2n) is 6.21. The first kappa shape index (κ1) is 15.5. The van der Waals surface area contributed by atoms with Crippen LogP contribution in [0.4, 0.5) is 11.7 Å². The molecule has 122 valence electrons. The maximum absolute atomic E-state index is 12.3. The molecule has 2 heterocycles. The highest BCUT2D eigenvalue weighted by molar-refractivity contribution is 5.92. The van der Waals surface area contributed by atoms with Crippen LogP contribution in [0.25, 0.3) is 0 Å². The van der Waals surface area contributed by atoms with E-state index in [-0.39, 0.29) is 17.7 Å². The highest BCUT2D eigenvalue weighted by atomic mass is 16.5. The van der Waals surface area contributed by atoms with E-state index in [9.17, 15) is 4.79 Å². The van der Waals surface area contributed by atoms with Gasteiger partial charge in [0.05, 0.1) is 0 Å². The lowest BCUT2D eigenvalue weighted by atomic mass is 9.96. The maximum atomic E-state index is 12.3. The molecule has 0 radical (unpaired) electrons. The summed E-state index contributed by atoms with van der Waals surface area (Å²) in [6, 6.07) is 10.1. The monoisotopic (exact) mass is 314 g/mol. The van der Waals surface area contributed by atoms with Gasteiger partial charge in [-0.3, -0.25) is 4.79 Å². The van der Waals surface area contributed by atoms with Crippen LogP contribution >= 0.6 is 0 Å². The van der Waals surface area contributed by atoms with Crippen molar-refractivity contribution in [1.82, 2.24) is 10.1 Å². The number of nitrogens with one attached hydrogen (secondary N) is 1. The summed E-state index contributed by atoms with van der Waals surface area (Å²) in [5.41, 5.74) is 0.846. The quantitative estimate of drug-likeness (QED) is 0.939. The largest absolute Gasteiger partial charge is 0.326 e. The Balaban J connectivity index is 1.54. The Labute approximate surface area is 135 Å². The van der Waals surface area contributed by atoms with Crippen molar-refractivity contribution in [3.05, 3.63) is 36.2 Å². The van der Waals surface area contributed by atoms with Gasteiger partial charge in [-0.2, -0.15) is 4.98 Å². The Bertz CT molecular complexity index is 646. The second kappa shape index (κ2) is 6.81. The standard InChI is InChI=1S/C17H22N4O2/c1-12(2)15-19-17(23-20-15)21-10-8-13(9-11-21)16(22)18-14-6-4-3-5-7-14/h3-7,12-13H,8-11H2,1-2H3,(H,18,22). The van der Waals surface area contributed by atoms with E-state index in [0.717, 1.165) is 37.4 Å². The summed E-state index contributed by atoms with van der Waals surface area (Å²) in [7, 11) is 0. The van der Waals surface area contributed by atoms with Gasteiger partial charge in [0.2, 0.25) is 5.91 Å². The molecule has 0 saturated carbocycles. The molecule has 23 heavy (non-hydrogen) atoms. The number of benzene rings is 1. The van der Waals surface area contributed by atoms with Crippen LogP contribution in [-0.4, -0.2) is 29.1 Å². The maximum Gasteiger partial charge on any atom is 0.324 e. The zero-order valence-electron chi connectivity index (χ0n) is 13.5. The van der Waals surface area contributed by atoms with Crippen molar-refractivity contribution >= 4 is 17.6 Å². The van der Waals surface area contributed by atoms with Gasteiger partial charge in [-0.1, -0.05) is 37.2 Å². The normalized spacial score (nSPS) is 15.9. The van der Waals surface area contributed by atoms with Crippen LogP contribution in [0.1, 0.15) is 38.4 Å². The van der Waals surface area contributed by atoms with E-state index >= 15 is 0 Å². The predicted octanol–water partition coefficient (Wildman–Crippen LogP) is 3.05. The number of hydrogen-bond acceptors (Lipinski definition) is 5. The molecule has 0 spiro atoms. The van der Waals surface area contributed by atoms with E-state index in [2.05, 4.69) is 20.4 Å². The number of amides is 1. The van der Waals surface area contributed by atoms with Crippen LogP contribution in [0.5, 0.6) is 0 Å². The van der Waals surface area contributed by atoms with Gasteiger partial charge in [-0.25, -0.2) is 0 Å². The fraction of sp³-hybridized carbons (Fsp3) is 0.471. The van der Waals surface area contributed by atoms with Gasteiger partial charge < -0.3 is 14.7 Å². The molecule has 1 aromatic carbocycles. The molecule has 1 aliphatic rings. The second-order valence-corrected chi connectivity index (χ2v) is 6.21. The zero-order valence-corrected chi connectivity index (χ0v) is 13.5. The molecule has 1 aromatic heterocycles. The first-order chi connectivity index (χ1) is 11.1. The minimum atomic E-state index is 0.0268. The molecular formula is C17H22N4O2. The van der Waals surface area contributed by atoms with Crippen molar-refractivity contribution < 1.29 is 9.32 Å². The summed E-state index contributed by atoms with van der Waals surface area (Å²) in [6.45, 7) is 5.59. The molecule has 1 fully saturated rings. The van der Waals surface area contributed by atoms with Crippen LogP contribution in [0.2, 0.25) is 0 Å². The van der Waals surface area contributed by atoms with Gasteiger partial charge in [0.25, 0.3) is 0 Å². The van der Waals surface area contributed by atoms with Crippen molar-refractivity contribution in [2.24, 2.45) is 5.92 Å². The van der Waals surface area contributed by atoms with Gasteiger partial charge in [0.15, 0.2) is 5.82 Å². The molecule has 1 N–H and O–H groups in total. The van der Waals surface area contributed by atoms with Crippen molar-refractivity contribution in [3.8, 4) is 0 Å². The Morgan fingerprint density at radius 3 is 2.57 bits per heavy atom. The molecule has 1 saturated heterocycles. The SMILES string of the molecule is CC(C)c1noc(N2CCC(C(=O)Nc3ccccc3)CC2)n1. The molecule has 0 unspecified atom stereocenters. The fourth-order valence-corrected chi connectivity index (χ4v) is 2.69. The number of piperidine rings is 1. The van der Waals surface area contributed by atoms with Gasteiger partial charge in [0.1, 0.15) is 0 Å². The molecular weight excluding hydrogens is 292 g/mol. The molecule has 2 aromatic rings. The minimum absolute atomic E-state index is 0.0268. The van der Waals surface area contributed by atoms with Crippen molar-refractivity contribution in [1.29, 1.82) is 0 Å². The molecule has 1 amide bonds. The third-order valence-electron chi connectivity index (χ3n) is 4.13. The lowest BCUT2D eigenvalue weighted by Crippen LogP contribution is -2.38. The van der Waals surface area contributed by atoms with Crippen LogP contribution in [-0.2, 0) is 4.79 Å². The third-order valence-corrected chi connectivity index (χ3v) is 4.13. The van der Waals surface area contributed by atoms with E-state index in [1.54, 1.807) is 0 Å². The summed E-state index contributed by atoms with van der Waals surface area (Å²) in [5.74, 6) is 1.09. The molecule has 0 aliphatic carbocycles. The zero-order chi connectivity index (χ0) is 16.2. The van der Waals surface area contributed by atoms with Gasteiger partial charge in [-0.05, 0) is 25.0 Å². The van der Waals surface area contributed by atoms with Crippen molar-refractivity contribution in [3.63, 3.8) is 0 Å². The van der Waals surface area contributed by atoms with Crippen LogP contribution < -0.4 is 10.2 Å². The summed E-state index contributed by atoms with van der Waals surface area (Å²) in [5, 5.41) is 6.97. The topological polar surface area (TPSA) is 71.3 Å². The summed E-state index contributed by atoms with van der Waals surface area (Å²) >= 11 is 0. The summed E-state index contributed by atoms with van der Waals surface area (Å²) in [6.07, 6.45) is 1.58. The Hall–Kier alpha value is -2.37. The number of aromatic nitrogens is 2. The van der Waals surface area contributed by atoms with Gasteiger partial charge in [0, 0.05) is 30.6 Å². The highest BCUT2D eigenvalue weighted by Gasteiger charge is 2.27. The van der Waals surface area contributed by atoms with E-state index in [4.69, 9.17) is 4.52 Å². The molecule has 0 bridgehead atoms. The van der Waals surface area contributed by atoms with E-state index < -0.39 is 0 Å². The molecule has 0 atom stereocenters. The predicted molar refractivity (Wildman–Crippen MR) is 88.4 cm³/mol. The van der Waals surface area contributed by atoms with Crippen LogP contribution in [0.15, 0.2) is 34.9 Å². The lowest BCUT2D eigenvalue weighted by molar-refractivity contribution is -0.120. The van der Waals surface area contributed by atoms with Crippen LogP contribution in [0.3, 0.4) is 0 Å². The highest BCUT2D eigenvalue weighted by Crippen LogP contribution is 2.24. The lowest BCUT2D eigenvalue weighted by Gasteiger charge is -2.29. The average Bonchev–Trinajstić information content (AvgIpc) is 3.06. The van der Waals surface area contributed by atoms with E-state index in [1.165, 1.54) is 0 Å². The fourth-order valence-electron chi connectivity index (χ4n) is 2.69. The number of rotatable bonds is 4. The van der Waals surface area contributed by atoms with E-state index in [1.807, 2.05) is 44.2 Å². The smallest absolute Gasteiger partial charge is 0.324 e. The molecule has 1 aliphatic heterocycles. The number of carbonyl (C=O) groups excluding carboxylic acids is 1. The minimum Gasteiger partial charge on any atom is -0.326 e. The number of para-hydroxylation sites is 1. The Morgan fingerprint density at radius 1 is 1.26 bits per heavy atom.